The molecule has 42 valence electrons. The zero-order valence-corrected chi connectivity index (χ0v) is 7.48. The van der Waals surface area contributed by atoms with Crippen LogP contribution in [-0.4, -0.2) is 52.8 Å². The Hall–Kier alpha value is 1.05. The Morgan fingerprint density at radius 3 is 1.38 bits per heavy atom. The molecule has 5 heteroatoms. The molecule has 0 unspecified atom stereocenters. The SMILES string of the molecule is CC(=O)O.CO.[NaH].[Zn]. The molecule has 0 aliphatic heterocycles. The molecular formula is C3H9NaO3Zn. The molecule has 0 aliphatic rings. The van der Waals surface area contributed by atoms with E-state index < -0.39 is 5.97 Å². The van der Waals surface area contributed by atoms with Crippen molar-refractivity contribution in [2.45, 2.75) is 6.92 Å². The van der Waals surface area contributed by atoms with Gasteiger partial charge in [-0.25, -0.2) is 0 Å². The number of carbonyl (C=O) groups is 1. The van der Waals surface area contributed by atoms with Crippen molar-refractivity contribution in [2.75, 3.05) is 7.11 Å². The molecule has 0 atom stereocenters. The van der Waals surface area contributed by atoms with E-state index in [4.69, 9.17) is 15.0 Å². The Bertz CT molecular complexity index is 37.5. The summed E-state index contributed by atoms with van der Waals surface area (Å²) in [5.41, 5.74) is 0. The van der Waals surface area contributed by atoms with E-state index >= 15 is 0 Å². The Morgan fingerprint density at radius 2 is 1.38 bits per heavy atom. The van der Waals surface area contributed by atoms with Gasteiger partial charge in [-0.3, -0.25) is 4.79 Å². The van der Waals surface area contributed by atoms with E-state index in [0.717, 1.165) is 14.0 Å². The number of hydrogen-bond acceptors (Lipinski definition) is 2. The molecule has 0 amide bonds. The summed E-state index contributed by atoms with van der Waals surface area (Å²) in [4.78, 5) is 9.00. The molecule has 0 saturated heterocycles. The van der Waals surface area contributed by atoms with Crippen LogP contribution in [0.15, 0.2) is 0 Å². The fraction of sp³-hybridized carbons (Fsp3) is 0.667. The predicted molar refractivity (Wildman–Crippen MR) is 28.6 cm³/mol. The minimum atomic E-state index is -0.833. The first-order valence-electron chi connectivity index (χ1n) is 1.37. The van der Waals surface area contributed by atoms with Gasteiger partial charge in [0.1, 0.15) is 0 Å². The predicted octanol–water partition coefficient (Wildman–Crippen LogP) is -0.952. The molecule has 0 heterocycles. The maximum Gasteiger partial charge on any atom is 0 e. The molecule has 0 fully saturated rings. The van der Waals surface area contributed by atoms with Gasteiger partial charge in [0.2, 0.25) is 0 Å². The Labute approximate surface area is 83.5 Å². The zero-order valence-electron chi connectivity index (χ0n) is 4.51. The van der Waals surface area contributed by atoms with Crippen LogP contribution < -0.4 is 0 Å². The minimum absolute atomic E-state index is 0. The van der Waals surface area contributed by atoms with Gasteiger partial charge in [-0.15, -0.1) is 0 Å². The van der Waals surface area contributed by atoms with Crippen LogP contribution in [0.25, 0.3) is 0 Å². The van der Waals surface area contributed by atoms with Gasteiger partial charge in [-0.2, -0.15) is 0 Å². The zero-order chi connectivity index (χ0) is 5.58. The van der Waals surface area contributed by atoms with Gasteiger partial charge in [0.05, 0.1) is 0 Å². The van der Waals surface area contributed by atoms with E-state index in [2.05, 4.69) is 0 Å². The van der Waals surface area contributed by atoms with E-state index in [0.29, 0.717) is 0 Å². The van der Waals surface area contributed by atoms with Crippen molar-refractivity contribution in [1.82, 2.24) is 0 Å². The van der Waals surface area contributed by atoms with Crippen molar-refractivity contribution in [3.63, 3.8) is 0 Å². The third kappa shape index (κ3) is 233. The number of rotatable bonds is 0. The summed E-state index contributed by atoms with van der Waals surface area (Å²) >= 11 is 0. The molecule has 0 aliphatic carbocycles. The third-order valence-electron chi connectivity index (χ3n) is 0. The average Bonchev–Trinajstić information content (AvgIpc) is 1.41. The largest absolute Gasteiger partial charge is 0 e. The normalized spacial score (nSPS) is 3.88. The average molecular weight is 181 g/mol. The van der Waals surface area contributed by atoms with E-state index in [1.807, 2.05) is 0 Å². The second kappa shape index (κ2) is 24.4. The van der Waals surface area contributed by atoms with Crippen molar-refractivity contribution in [3.8, 4) is 0 Å². The molecule has 0 rings (SSSR count). The summed E-state index contributed by atoms with van der Waals surface area (Å²) < 4.78 is 0. The monoisotopic (exact) mass is 180 g/mol. The van der Waals surface area contributed by atoms with Crippen LogP contribution in [0.2, 0.25) is 0 Å². The number of carboxylic acids is 1. The van der Waals surface area contributed by atoms with E-state index in [-0.39, 0.29) is 49.0 Å². The summed E-state index contributed by atoms with van der Waals surface area (Å²) in [6.45, 7) is 1.08. The Balaban J connectivity index is -0.0000000183. The molecule has 8 heavy (non-hydrogen) atoms. The topological polar surface area (TPSA) is 57.5 Å². The van der Waals surface area contributed by atoms with Crippen LogP contribution >= 0.6 is 0 Å². The molecule has 0 bridgehead atoms. The summed E-state index contributed by atoms with van der Waals surface area (Å²) in [5, 5.41) is 14.4. The van der Waals surface area contributed by atoms with Gasteiger partial charge >= 0.3 is 29.6 Å². The maximum absolute atomic E-state index is 9.00. The third-order valence-corrected chi connectivity index (χ3v) is 0. The molecule has 0 saturated carbocycles. The van der Waals surface area contributed by atoms with Crippen LogP contribution in [0.3, 0.4) is 0 Å². The van der Waals surface area contributed by atoms with Crippen molar-refractivity contribution in [3.05, 3.63) is 0 Å². The molecule has 0 aromatic heterocycles. The van der Waals surface area contributed by atoms with Crippen molar-refractivity contribution < 1.29 is 34.5 Å². The van der Waals surface area contributed by atoms with Crippen molar-refractivity contribution >= 4 is 35.5 Å². The quantitative estimate of drug-likeness (QED) is 0.474. The van der Waals surface area contributed by atoms with Gasteiger partial charge in [-0.1, -0.05) is 0 Å². The first kappa shape index (κ1) is 23.0. The summed E-state index contributed by atoms with van der Waals surface area (Å²) in [6.07, 6.45) is 0. The minimum Gasteiger partial charge on any atom is 0 e. The number of aliphatic hydroxyl groups is 1. The fourth-order valence-corrected chi connectivity index (χ4v) is 0. The van der Waals surface area contributed by atoms with Crippen LogP contribution in [0.1, 0.15) is 6.92 Å². The van der Waals surface area contributed by atoms with Gasteiger partial charge in [0, 0.05) is 33.5 Å². The van der Waals surface area contributed by atoms with Gasteiger partial charge in [0.25, 0.3) is 5.97 Å². The Morgan fingerprint density at radius 1 is 1.38 bits per heavy atom. The van der Waals surface area contributed by atoms with Crippen LogP contribution in [-0.2, 0) is 24.3 Å². The first-order chi connectivity index (χ1) is 2.73. The molecule has 0 aromatic rings. The standard InChI is InChI=1S/C2H4O2.CH4O.Na.Zn.H/c1-2(3)4;1-2;;;/h1H3,(H,3,4);2H,1H3;;;. The second-order valence-corrected chi connectivity index (χ2v) is 0.519. The van der Waals surface area contributed by atoms with Crippen LogP contribution in [0, 0.1) is 0 Å². The van der Waals surface area contributed by atoms with Crippen LogP contribution in [0.4, 0.5) is 0 Å². The maximum atomic E-state index is 9.00. The van der Waals surface area contributed by atoms with E-state index in [1.54, 1.807) is 0 Å². The summed E-state index contributed by atoms with van der Waals surface area (Å²) in [5.74, 6) is -0.833. The molecule has 2 N–H and O–H groups in total. The molecular weight excluding hydrogens is 172 g/mol. The summed E-state index contributed by atoms with van der Waals surface area (Å²) in [6, 6.07) is 0. The second-order valence-electron chi connectivity index (χ2n) is 0.519. The van der Waals surface area contributed by atoms with E-state index in [9.17, 15) is 0 Å². The van der Waals surface area contributed by atoms with Crippen LogP contribution in [0.5, 0.6) is 0 Å². The fourth-order valence-electron chi connectivity index (χ4n) is 0. The Kier molecular flexibility index (Phi) is 70.1. The van der Waals surface area contributed by atoms with Gasteiger partial charge < -0.3 is 10.2 Å². The molecule has 0 spiro atoms. The number of aliphatic carboxylic acids is 1. The molecule has 0 radical (unpaired) electrons. The van der Waals surface area contributed by atoms with Gasteiger partial charge in [0.15, 0.2) is 0 Å². The number of hydrogen-bond donors (Lipinski definition) is 2. The van der Waals surface area contributed by atoms with Crippen molar-refractivity contribution in [2.24, 2.45) is 0 Å². The van der Waals surface area contributed by atoms with Gasteiger partial charge in [-0.05, 0) is 0 Å². The smallest absolute Gasteiger partial charge is 0 e. The first-order valence-corrected chi connectivity index (χ1v) is 1.37. The number of aliphatic hydroxyl groups excluding tert-OH is 1. The van der Waals surface area contributed by atoms with Crippen molar-refractivity contribution in [1.29, 1.82) is 0 Å². The number of carboxylic acid groups (broad SMARTS) is 1. The molecule has 3 nitrogen and oxygen atoms in total. The molecule has 0 aromatic carbocycles. The summed E-state index contributed by atoms with van der Waals surface area (Å²) in [7, 11) is 1.00. The van der Waals surface area contributed by atoms with E-state index in [1.165, 1.54) is 0 Å².